The molecule has 1 saturated carbocycles. The predicted molar refractivity (Wildman–Crippen MR) is 161 cm³/mol. The fourth-order valence-corrected chi connectivity index (χ4v) is 6.89. The summed E-state index contributed by atoms with van der Waals surface area (Å²) in [5, 5.41) is 6.19. The monoisotopic (exact) mass is 546 g/mol. The van der Waals surface area contributed by atoms with Crippen molar-refractivity contribution in [2.45, 2.75) is 30.6 Å². The molecule has 0 spiro atoms. The zero-order valence-electron chi connectivity index (χ0n) is 23.2. The molecular formula is C30H38N6O2S. The van der Waals surface area contributed by atoms with Crippen molar-refractivity contribution in [1.82, 2.24) is 14.7 Å². The largest absolute Gasteiger partial charge is 0.377 e. The Morgan fingerprint density at radius 3 is 2.10 bits per heavy atom. The summed E-state index contributed by atoms with van der Waals surface area (Å²) in [6.07, 6.45) is 4.09. The molecule has 206 valence electrons. The van der Waals surface area contributed by atoms with E-state index in [0.717, 1.165) is 65.4 Å². The Balaban J connectivity index is 1.17. The fourth-order valence-electron chi connectivity index (χ4n) is 5.55. The fraction of sp³-hybridized carbons (Fsp3) is 0.400. The summed E-state index contributed by atoms with van der Waals surface area (Å²) in [5.74, 6) is 2.40. The number of benzene rings is 3. The van der Waals surface area contributed by atoms with E-state index < -0.39 is 10.0 Å². The van der Waals surface area contributed by atoms with Gasteiger partial charge in [0, 0.05) is 63.1 Å². The van der Waals surface area contributed by atoms with E-state index in [1.807, 2.05) is 92.6 Å². The average Bonchev–Trinajstić information content (AvgIpc) is 2.94. The van der Waals surface area contributed by atoms with Gasteiger partial charge in [-0.1, -0.05) is 36.4 Å². The van der Waals surface area contributed by atoms with Crippen molar-refractivity contribution in [2.24, 2.45) is 11.8 Å². The van der Waals surface area contributed by atoms with Crippen LogP contribution in [0.5, 0.6) is 0 Å². The molecule has 1 aliphatic carbocycles. The van der Waals surface area contributed by atoms with Gasteiger partial charge in [0.05, 0.1) is 10.4 Å². The zero-order valence-corrected chi connectivity index (χ0v) is 24.0. The molecule has 0 saturated heterocycles. The number of anilines is 3. The molecule has 1 aliphatic rings. The highest BCUT2D eigenvalue weighted by molar-refractivity contribution is 7.89. The molecular weight excluding hydrogens is 508 g/mol. The van der Waals surface area contributed by atoms with Crippen LogP contribution < -0.4 is 19.8 Å². The molecule has 0 atom stereocenters. The van der Waals surface area contributed by atoms with E-state index in [1.165, 1.54) is 0 Å². The van der Waals surface area contributed by atoms with Crippen LogP contribution in [0.15, 0.2) is 65.6 Å². The van der Waals surface area contributed by atoms with Crippen LogP contribution in [0.3, 0.4) is 0 Å². The summed E-state index contributed by atoms with van der Waals surface area (Å²) in [6, 6.07) is 19.4. The molecule has 0 radical (unpaired) electrons. The molecule has 0 unspecified atom stereocenters. The van der Waals surface area contributed by atoms with Crippen molar-refractivity contribution >= 4 is 49.2 Å². The van der Waals surface area contributed by atoms with Gasteiger partial charge in [-0.15, -0.1) is 0 Å². The molecule has 4 aromatic rings. The van der Waals surface area contributed by atoms with Gasteiger partial charge in [0.25, 0.3) is 0 Å². The molecule has 1 heterocycles. The van der Waals surface area contributed by atoms with E-state index in [4.69, 9.17) is 9.97 Å². The van der Waals surface area contributed by atoms with Crippen molar-refractivity contribution < 1.29 is 8.42 Å². The Kier molecular flexibility index (Phi) is 7.91. The molecule has 8 nitrogen and oxygen atoms in total. The average molecular weight is 547 g/mol. The Bertz CT molecular complexity index is 1560. The van der Waals surface area contributed by atoms with Crippen molar-refractivity contribution in [1.29, 1.82) is 0 Å². The molecule has 39 heavy (non-hydrogen) atoms. The topological polar surface area (TPSA) is 90.5 Å². The molecule has 0 bridgehead atoms. The van der Waals surface area contributed by atoms with Crippen LogP contribution in [0.25, 0.3) is 21.7 Å². The quantitative estimate of drug-likeness (QED) is 0.301. The first-order valence-electron chi connectivity index (χ1n) is 13.6. The van der Waals surface area contributed by atoms with E-state index in [0.29, 0.717) is 29.2 Å². The summed E-state index contributed by atoms with van der Waals surface area (Å²) < 4.78 is 29.5. The number of hydrogen-bond donors (Lipinski definition) is 2. The number of hydrogen-bond acceptors (Lipinski definition) is 7. The summed E-state index contributed by atoms with van der Waals surface area (Å²) in [7, 11) is 4.31. The van der Waals surface area contributed by atoms with Crippen LogP contribution in [-0.4, -0.2) is 59.7 Å². The van der Waals surface area contributed by atoms with Gasteiger partial charge < -0.3 is 15.1 Å². The van der Waals surface area contributed by atoms with Crippen molar-refractivity contribution in [2.75, 3.05) is 56.4 Å². The maximum atomic E-state index is 13.3. The molecule has 5 rings (SSSR count). The van der Waals surface area contributed by atoms with Crippen molar-refractivity contribution in [3.63, 3.8) is 0 Å². The molecule has 1 aromatic heterocycles. The minimum atomic E-state index is -3.62. The van der Waals surface area contributed by atoms with Gasteiger partial charge in [-0.25, -0.2) is 18.1 Å². The van der Waals surface area contributed by atoms with Gasteiger partial charge in [-0.2, -0.15) is 4.98 Å². The summed E-state index contributed by atoms with van der Waals surface area (Å²) in [6.45, 7) is 1.28. The van der Waals surface area contributed by atoms with Gasteiger partial charge in [0.2, 0.25) is 16.0 Å². The lowest BCUT2D eigenvalue weighted by Crippen LogP contribution is -2.32. The zero-order chi connectivity index (χ0) is 27.6. The second-order valence-electron chi connectivity index (χ2n) is 10.9. The van der Waals surface area contributed by atoms with Gasteiger partial charge >= 0.3 is 0 Å². The number of nitrogens with one attached hydrogen (secondary N) is 2. The van der Waals surface area contributed by atoms with E-state index in [-0.39, 0.29) is 0 Å². The van der Waals surface area contributed by atoms with Gasteiger partial charge in [0.15, 0.2) is 0 Å². The Morgan fingerprint density at radius 2 is 1.38 bits per heavy atom. The highest BCUT2D eigenvalue weighted by atomic mass is 32.2. The lowest BCUT2D eigenvalue weighted by molar-refractivity contribution is 0.284. The minimum absolute atomic E-state index is 0.334. The first-order valence-corrected chi connectivity index (χ1v) is 15.1. The predicted octanol–water partition coefficient (Wildman–Crippen LogP) is 5.11. The van der Waals surface area contributed by atoms with Crippen LogP contribution >= 0.6 is 0 Å². The van der Waals surface area contributed by atoms with Crippen LogP contribution in [0.1, 0.15) is 25.7 Å². The summed E-state index contributed by atoms with van der Waals surface area (Å²) in [4.78, 5) is 13.8. The maximum Gasteiger partial charge on any atom is 0.241 e. The molecule has 1 fully saturated rings. The molecule has 3 aromatic carbocycles. The standard InChI is InChI=1S/C30H38N6O2S/c1-35(2)27-13-7-11-24-23(27)10-8-14-28(24)39(37,38)32-20-22-17-15-21(16-18-22)19-31-30-33-26-12-6-5-9-25(26)29(34-30)36(3)4/h5-14,21-22,32H,15-20H2,1-4H3,(H,31,33,34)/t21-,22-. The van der Waals surface area contributed by atoms with Crippen molar-refractivity contribution in [3.8, 4) is 0 Å². The first kappa shape index (κ1) is 27.1. The van der Waals surface area contributed by atoms with E-state index in [9.17, 15) is 8.42 Å². The lowest BCUT2D eigenvalue weighted by Gasteiger charge is -2.29. The van der Waals surface area contributed by atoms with Crippen LogP contribution in [0.4, 0.5) is 17.5 Å². The Hall–Kier alpha value is -3.43. The third-order valence-electron chi connectivity index (χ3n) is 7.71. The Labute approximate surface area is 231 Å². The van der Waals surface area contributed by atoms with E-state index in [2.05, 4.69) is 10.0 Å². The van der Waals surface area contributed by atoms with Gasteiger partial charge in [-0.3, -0.25) is 0 Å². The molecule has 2 N–H and O–H groups in total. The third kappa shape index (κ3) is 5.94. The molecule has 9 heteroatoms. The van der Waals surface area contributed by atoms with Gasteiger partial charge in [-0.05, 0) is 61.8 Å². The van der Waals surface area contributed by atoms with Gasteiger partial charge in [0.1, 0.15) is 5.82 Å². The minimum Gasteiger partial charge on any atom is -0.377 e. The first-order chi connectivity index (χ1) is 18.7. The second-order valence-corrected chi connectivity index (χ2v) is 12.7. The van der Waals surface area contributed by atoms with E-state index >= 15 is 0 Å². The number of aromatic nitrogens is 2. The van der Waals surface area contributed by atoms with Crippen LogP contribution in [0, 0.1) is 11.8 Å². The number of nitrogens with zero attached hydrogens (tertiary/aromatic N) is 4. The number of para-hydroxylation sites is 1. The normalized spacial score (nSPS) is 17.8. The number of rotatable bonds is 9. The highest BCUT2D eigenvalue weighted by Crippen LogP contribution is 2.32. The smallest absolute Gasteiger partial charge is 0.241 e. The third-order valence-corrected chi connectivity index (χ3v) is 9.20. The maximum absolute atomic E-state index is 13.3. The SMILES string of the molecule is CN(C)c1nc(NC[C@H]2CC[C@H](CNS(=O)(=O)c3cccc4c(N(C)C)cccc34)CC2)nc2ccccc12. The summed E-state index contributed by atoms with van der Waals surface area (Å²) >= 11 is 0. The molecule has 0 aliphatic heterocycles. The summed E-state index contributed by atoms with van der Waals surface area (Å²) in [5.41, 5.74) is 1.93. The number of fused-ring (bicyclic) bond motifs is 2. The Morgan fingerprint density at radius 1 is 0.744 bits per heavy atom. The number of sulfonamides is 1. The highest BCUT2D eigenvalue weighted by Gasteiger charge is 2.25. The van der Waals surface area contributed by atoms with Crippen molar-refractivity contribution in [3.05, 3.63) is 60.7 Å². The second kappa shape index (κ2) is 11.4. The van der Waals surface area contributed by atoms with Crippen LogP contribution in [0.2, 0.25) is 0 Å². The van der Waals surface area contributed by atoms with E-state index in [1.54, 1.807) is 6.07 Å². The lowest BCUT2D eigenvalue weighted by atomic mass is 9.82. The molecule has 0 amide bonds. The van der Waals surface area contributed by atoms with Crippen LogP contribution in [-0.2, 0) is 10.0 Å².